The minimum Gasteiger partial charge on any atom is -0.329 e. The Hall–Kier alpha value is 0.270. The summed E-state index contributed by atoms with van der Waals surface area (Å²) in [5.74, 6) is 2.08. The van der Waals surface area contributed by atoms with E-state index in [1.807, 2.05) is 0 Å². The molecule has 0 aromatic carbocycles. The molecule has 1 heterocycles. The van der Waals surface area contributed by atoms with Crippen LogP contribution < -0.4 is 5.73 Å². The molecule has 2 N–H and O–H groups in total. The second-order valence-electron chi connectivity index (χ2n) is 5.23. The minimum atomic E-state index is 0.342. The number of thioether (sulfide) groups is 1. The molecule has 3 unspecified atom stereocenters. The fraction of sp³-hybridized carbons (Fsp3) is 1.00. The van der Waals surface area contributed by atoms with Crippen LogP contribution in [-0.2, 0) is 0 Å². The predicted octanol–water partition coefficient (Wildman–Crippen LogP) is 1.94. The summed E-state index contributed by atoms with van der Waals surface area (Å²) in [6, 6.07) is 0. The maximum absolute atomic E-state index is 6.09. The van der Waals surface area contributed by atoms with Crippen LogP contribution in [0.1, 0.15) is 33.1 Å². The van der Waals surface area contributed by atoms with Crippen molar-refractivity contribution in [3.8, 4) is 0 Å². The average Bonchev–Trinajstić information content (AvgIpc) is 2.61. The molecule has 0 aromatic rings. The van der Waals surface area contributed by atoms with E-state index in [2.05, 4.69) is 30.5 Å². The molecular formula is C12H24N2S. The normalized spacial score (nSPS) is 43.4. The van der Waals surface area contributed by atoms with Gasteiger partial charge >= 0.3 is 0 Å². The molecule has 88 valence electrons. The Morgan fingerprint density at radius 2 is 2.27 bits per heavy atom. The highest BCUT2D eigenvalue weighted by Gasteiger charge is 2.44. The third kappa shape index (κ3) is 2.06. The molecule has 0 aromatic heterocycles. The summed E-state index contributed by atoms with van der Waals surface area (Å²) in [6.07, 6.45) is 4.06. The molecule has 0 radical (unpaired) electrons. The van der Waals surface area contributed by atoms with Crippen molar-refractivity contribution >= 4 is 11.8 Å². The van der Waals surface area contributed by atoms with Gasteiger partial charge in [0.2, 0.25) is 0 Å². The summed E-state index contributed by atoms with van der Waals surface area (Å²) in [7, 11) is 0. The lowest BCUT2D eigenvalue weighted by molar-refractivity contribution is 0.0683. The molecule has 1 saturated heterocycles. The molecule has 0 bridgehead atoms. The lowest BCUT2D eigenvalue weighted by Crippen LogP contribution is -2.59. The van der Waals surface area contributed by atoms with Crippen molar-refractivity contribution in [1.82, 2.24) is 4.90 Å². The maximum atomic E-state index is 6.09. The van der Waals surface area contributed by atoms with Crippen molar-refractivity contribution in [3.05, 3.63) is 0 Å². The summed E-state index contributed by atoms with van der Waals surface area (Å²) in [6.45, 7) is 8.08. The number of nitrogens with two attached hydrogens (primary N) is 1. The van der Waals surface area contributed by atoms with Crippen molar-refractivity contribution < 1.29 is 0 Å². The van der Waals surface area contributed by atoms with Gasteiger partial charge in [-0.05, 0) is 18.8 Å². The van der Waals surface area contributed by atoms with Crippen molar-refractivity contribution in [2.45, 2.75) is 43.9 Å². The van der Waals surface area contributed by atoms with Gasteiger partial charge in [0, 0.05) is 36.2 Å². The topological polar surface area (TPSA) is 29.3 Å². The molecule has 1 aliphatic carbocycles. The van der Waals surface area contributed by atoms with Gasteiger partial charge in [0.25, 0.3) is 0 Å². The first-order chi connectivity index (χ1) is 7.19. The Morgan fingerprint density at radius 1 is 1.47 bits per heavy atom. The Bertz CT molecular complexity index is 222. The van der Waals surface area contributed by atoms with Crippen LogP contribution in [0.5, 0.6) is 0 Å². The second-order valence-corrected chi connectivity index (χ2v) is 6.77. The van der Waals surface area contributed by atoms with E-state index >= 15 is 0 Å². The summed E-state index contributed by atoms with van der Waals surface area (Å²) in [5, 5.41) is 0.787. The molecule has 2 rings (SSSR count). The van der Waals surface area contributed by atoms with Gasteiger partial charge in [-0.1, -0.05) is 20.3 Å². The molecule has 3 atom stereocenters. The highest BCUT2D eigenvalue weighted by atomic mass is 32.2. The molecule has 2 aliphatic rings. The van der Waals surface area contributed by atoms with Gasteiger partial charge in [-0.15, -0.1) is 0 Å². The van der Waals surface area contributed by atoms with Crippen LogP contribution in [-0.4, -0.2) is 41.1 Å². The highest BCUT2D eigenvalue weighted by molar-refractivity contribution is 7.99. The van der Waals surface area contributed by atoms with Gasteiger partial charge in [-0.25, -0.2) is 0 Å². The molecule has 1 aliphatic heterocycles. The first-order valence-electron chi connectivity index (χ1n) is 6.26. The van der Waals surface area contributed by atoms with Crippen LogP contribution in [0.3, 0.4) is 0 Å². The van der Waals surface area contributed by atoms with Crippen LogP contribution in [0.4, 0.5) is 0 Å². The van der Waals surface area contributed by atoms with Crippen molar-refractivity contribution in [2.75, 3.05) is 25.4 Å². The Kier molecular flexibility index (Phi) is 3.63. The third-order valence-electron chi connectivity index (χ3n) is 4.39. The number of nitrogens with zero attached hydrogens (tertiary/aromatic N) is 1. The first-order valence-corrected chi connectivity index (χ1v) is 7.30. The minimum absolute atomic E-state index is 0.342. The van der Waals surface area contributed by atoms with Gasteiger partial charge in [0.1, 0.15) is 0 Å². The van der Waals surface area contributed by atoms with Crippen molar-refractivity contribution in [2.24, 2.45) is 11.7 Å². The Labute approximate surface area is 98.0 Å². The van der Waals surface area contributed by atoms with Gasteiger partial charge < -0.3 is 5.73 Å². The van der Waals surface area contributed by atoms with Crippen molar-refractivity contribution in [3.63, 3.8) is 0 Å². The van der Waals surface area contributed by atoms with E-state index in [0.717, 1.165) is 17.7 Å². The lowest BCUT2D eigenvalue weighted by atomic mass is 9.86. The largest absolute Gasteiger partial charge is 0.329 e. The van der Waals surface area contributed by atoms with Crippen LogP contribution in [0, 0.1) is 5.92 Å². The van der Waals surface area contributed by atoms with Crippen LogP contribution in [0.25, 0.3) is 0 Å². The number of hydrogen-bond donors (Lipinski definition) is 1. The summed E-state index contributed by atoms with van der Waals surface area (Å²) < 4.78 is 0. The monoisotopic (exact) mass is 228 g/mol. The highest BCUT2D eigenvalue weighted by Crippen LogP contribution is 2.41. The van der Waals surface area contributed by atoms with Gasteiger partial charge in [0.05, 0.1) is 0 Å². The van der Waals surface area contributed by atoms with Crippen LogP contribution >= 0.6 is 11.8 Å². The van der Waals surface area contributed by atoms with E-state index in [0.29, 0.717) is 5.54 Å². The van der Waals surface area contributed by atoms with Gasteiger partial charge in [-0.3, -0.25) is 4.90 Å². The second kappa shape index (κ2) is 4.64. The standard InChI is InChI=1S/C12H24N2S/c1-10-4-3-5-12(10,9-13)14-6-7-15-11(2)8-14/h10-11H,3-9,13H2,1-2H3. The zero-order valence-corrected chi connectivity index (χ0v) is 10.9. The third-order valence-corrected chi connectivity index (χ3v) is 5.52. The fourth-order valence-corrected chi connectivity index (χ4v) is 4.37. The molecule has 3 heteroatoms. The number of hydrogen-bond acceptors (Lipinski definition) is 3. The molecule has 0 spiro atoms. The molecule has 0 amide bonds. The lowest BCUT2D eigenvalue weighted by Gasteiger charge is -2.47. The molecule has 15 heavy (non-hydrogen) atoms. The van der Waals surface area contributed by atoms with E-state index in [-0.39, 0.29) is 0 Å². The van der Waals surface area contributed by atoms with Gasteiger partial charge in [-0.2, -0.15) is 11.8 Å². The smallest absolute Gasteiger partial charge is 0.0357 e. The molecule has 2 fully saturated rings. The molecule has 2 nitrogen and oxygen atoms in total. The maximum Gasteiger partial charge on any atom is 0.0357 e. The van der Waals surface area contributed by atoms with E-state index in [4.69, 9.17) is 5.73 Å². The average molecular weight is 228 g/mol. The van der Waals surface area contributed by atoms with E-state index in [1.165, 1.54) is 38.1 Å². The zero-order valence-electron chi connectivity index (χ0n) is 10.0. The fourth-order valence-electron chi connectivity index (χ4n) is 3.35. The quantitative estimate of drug-likeness (QED) is 0.783. The van der Waals surface area contributed by atoms with Crippen LogP contribution in [0.2, 0.25) is 0 Å². The summed E-state index contributed by atoms with van der Waals surface area (Å²) >= 11 is 2.11. The summed E-state index contributed by atoms with van der Waals surface area (Å²) in [4.78, 5) is 2.70. The molecule has 1 saturated carbocycles. The van der Waals surface area contributed by atoms with Gasteiger partial charge in [0.15, 0.2) is 0 Å². The predicted molar refractivity (Wildman–Crippen MR) is 68.3 cm³/mol. The van der Waals surface area contributed by atoms with Crippen LogP contribution in [0.15, 0.2) is 0 Å². The molecular weight excluding hydrogens is 204 g/mol. The van der Waals surface area contributed by atoms with E-state index in [1.54, 1.807) is 0 Å². The zero-order chi connectivity index (χ0) is 10.9. The van der Waals surface area contributed by atoms with E-state index < -0.39 is 0 Å². The summed E-state index contributed by atoms with van der Waals surface area (Å²) in [5.41, 5.74) is 6.43. The Morgan fingerprint density at radius 3 is 2.80 bits per heavy atom. The number of rotatable bonds is 2. The first kappa shape index (κ1) is 11.7. The Balaban J connectivity index is 2.11. The van der Waals surface area contributed by atoms with Crippen molar-refractivity contribution in [1.29, 1.82) is 0 Å². The SMILES string of the molecule is CC1CN(C2(CN)CCCC2C)CCS1. The van der Waals surface area contributed by atoms with E-state index in [9.17, 15) is 0 Å².